The van der Waals surface area contributed by atoms with Crippen molar-refractivity contribution in [2.24, 2.45) is 0 Å². The molecule has 2 aliphatic rings. The molecule has 0 saturated carbocycles. The quantitative estimate of drug-likeness (QED) is 0.354. The van der Waals surface area contributed by atoms with Crippen LogP contribution in [0.3, 0.4) is 0 Å². The lowest BCUT2D eigenvalue weighted by Crippen LogP contribution is -2.34. The fourth-order valence-corrected chi connectivity index (χ4v) is 5.83. The Bertz CT molecular complexity index is 1340. The van der Waals surface area contributed by atoms with Crippen molar-refractivity contribution in [1.82, 2.24) is 9.47 Å². The number of carbonyl (C=O) groups excluding carboxylic acids is 3. The maximum Gasteiger partial charge on any atom is 0.298 e. The van der Waals surface area contributed by atoms with Crippen LogP contribution in [0.1, 0.15) is 36.8 Å². The van der Waals surface area contributed by atoms with Gasteiger partial charge < -0.3 is 9.47 Å². The van der Waals surface area contributed by atoms with E-state index in [2.05, 4.69) is 15.9 Å². The van der Waals surface area contributed by atoms with Crippen molar-refractivity contribution in [3.05, 3.63) is 69.2 Å². The van der Waals surface area contributed by atoms with Gasteiger partial charge >= 0.3 is 0 Å². The second-order valence-electron chi connectivity index (χ2n) is 9.02. The minimum absolute atomic E-state index is 0.109. The second-order valence-corrected chi connectivity index (χ2v) is 10.9. The molecule has 0 aliphatic carbocycles. The zero-order valence-electron chi connectivity index (χ0n) is 19.5. The van der Waals surface area contributed by atoms with Gasteiger partial charge in [0.1, 0.15) is 6.54 Å². The monoisotopic (exact) mass is 551 g/mol. The molecule has 8 heteroatoms. The molecular formula is C27H26BrN3O3S. The number of nitrogens with zero attached hydrogens (tertiary/aromatic N) is 3. The molecule has 2 saturated heterocycles. The number of imide groups is 1. The van der Waals surface area contributed by atoms with Crippen molar-refractivity contribution in [3.8, 4) is 0 Å². The van der Waals surface area contributed by atoms with Gasteiger partial charge in [0.15, 0.2) is 0 Å². The first kappa shape index (κ1) is 23.9. The Kier molecular flexibility index (Phi) is 6.84. The SMILES string of the molecule is Cc1ccc(N2C(=O)S/C(=C\c3cn(CC(=O)N4CCCCCC4)c4ccc(Br)cc34)C2=O)cc1. The summed E-state index contributed by atoms with van der Waals surface area (Å²) in [5.41, 5.74) is 3.35. The number of aromatic nitrogens is 1. The topological polar surface area (TPSA) is 62.6 Å². The van der Waals surface area contributed by atoms with Crippen LogP contribution in [0.5, 0.6) is 0 Å². The summed E-state index contributed by atoms with van der Waals surface area (Å²) in [4.78, 5) is 42.5. The Morgan fingerprint density at radius 3 is 2.46 bits per heavy atom. The number of hydrogen-bond donors (Lipinski definition) is 0. The van der Waals surface area contributed by atoms with Crippen molar-refractivity contribution in [1.29, 1.82) is 0 Å². The molecule has 35 heavy (non-hydrogen) atoms. The van der Waals surface area contributed by atoms with Crippen LogP contribution in [0.15, 0.2) is 58.0 Å². The third-order valence-corrected chi connectivity index (χ3v) is 7.87. The number of anilines is 1. The van der Waals surface area contributed by atoms with Crippen molar-refractivity contribution in [2.75, 3.05) is 18.0 Å². The third-order valence-electron chi connectivity index (χ3n) is 6.51. The summed E-state index contributed by atoms with van der Waals surface area (Å²) < 4.78 is 2.86. The molecular weight excluding hydrogens is 526 g/mol. The Labute approximate surface area is 217 Å². The van der Waals surface area contributed by atoms with E-state index < -0.39 is 0 Å². The van der Waals surface area contributed by atoms with E-state index in [-0.39, 0.29) is 23.6 Å². The average Bonchev–Trinajstić information content (AvgIpc) is 3.14. The number of benzene rings is 2. The molecule has 2 fully saturated rings. The first-order chi connectivity index (χ1) is 16.9. The van der Waals surface area contributed by atoms with Crippen molar-refractivity contribution < 1.29 is 14.4 Å². The van der Waals surface area contributed by atoms with Crippen LogP contribution in [0.2, 0.25) is 0 Å². The largest absolute Gasteiger partial charge is 0.341 e. The molecule has 3 amide bonds. The summed E-state index contributed by atoms with van der Waals surface area (Å²) in [6, 6.07) is 13.2. The Morgan fingerprint density at radius 2 is 1.74 bits per heavy atom. The Morgan fingerprint density at radius 1 is 1.03 bits per heavy atom. The summed E-state index contributed by atoms with van der Waals surface area (Å²) in [7, 11) is 0. The van der Waals surface area contributed by atoms with Gasteiger partial charge in [-0.25, -0.2) is 4.90 Å². The lowest BCUT2D eigenvalue weighted by Gasteiger charge is -2.20. The summed E-state index contributed by atoms with van der Waals surface area (Å²) in [6.45, 7) is 3.82. The van der Waals surface area contributed by atoms with E-state index in [4.69, 9.17) is 0 Å². The van der Waals surface area contributed by atoms with Gasteiger partial charge in [0.2, 0.25) is 5.91 Å². The Hall–Kier alpha value is -2.84. The highest BCUT2D eigenvalue weighted by atomic mass is 79.9. The smallest absolute Gasteiger partial charge is 0.298 e. The molecule has 0 unspecified atom stereocenters. The lowest BCUT2D eigenvalue weighted by molar-refractivity contribution is -0.131. The molecule has 0 N–H and O–H groups in total. The van der Waals surface area contributed by atoms with Gasteiger partial charge in [0.25, 0.3) is 11.1 Å². The Balaban J connectivity index is 1.47. The van der Waals surface area contributed by atoms with Gasteiger partial charge in [-0.2, -0.15) is 0 Å². The van der Waals surface area contributed by atoms with Crippen molar-refractivity contribution in [3.63, 3.8) is 0 Å². The fourth-order valence-electron chi connectivity index (χ4n) is 4.63. The van der Waals surface area contributed by atoms with E-state index in [0.717, 1.165) is 64.2 Å². The van der Waals surface area contributed by atoms with Crippen LogP contribution in [0.25, 0.3) is 17.0 Å². The van der Waals surface area contributed by atoms with Gasteiger partial charge in [0, 0.05) is 40.2 Å². The van der Waals surface area contributed by atoms with Gasteiger partial charge in [-0.15, -0.1) is 0 Å². The summed E-state index contributed by atoms with van der Waals surface area (Å²) in [5.74, 6) is -0.224. The minimum Gasteiger partial charge on any atom is -0.341 e. The van der Waals surface area contributed by atoms with E-state index >= 15 is 0 Å². The number of aryl methyl sites for hydroxylation is 1. The molecule has 2 aliphatic heterocycles. The number of rotatable bonds is 4. The predicted molar refractivity (Wildman–Crippen MR) is 144 cm³/mol. The lowest BCUT2D eigenvalue weighted by atomic mass is 10.1. The highest BCUT2D eigenvalue weighted by Crippen LogP contribution is 2.37. The molecule has 6 nitrogen and oxygen atoms in total. The zero-order chi connectivity index (χ0) is 24.5. The van der Waals surface area contributed by atoms with Gasteiger partial charge in [-0.3, -0.25) is 14.4 Å². The first-order valence-corrected chi connectivity index (χ1v) is 13.4. The standard InChI is InChI=1S/C27H26BrN3O3S/c1-18-6-9-21(10-7-18)31-26(33)24(35-27(31)34)14-19-16-30(23-11-8-20(28)15-22(19)23)17-25(32)29-12-4-2-3-5-13-29/h6-11,14-16H,2-5,12-13,17H2,1H3/b24-14-. The van der Waals surface area contributed by atoms with Crippen LogP contribution in [0.4, 0.5) is 10.5 Å². The summed E-state index contributed by atoms with van der Waals surface area (Å²) in [6.07, 6.45) is 8.12. The summed E-state index contributed by atoms with van der Waals surface area (Å²) >= 11 is 4.48. The zero-order valence-corrected chi connectivity index (χ0v) is 21.9. The molecule has 0 spiro atoms. The van der Waals surface area contributed by atoms with E-state index in [9.17, 15) is 14.4 Å². The molecule has 180 valence electrons. The molecule has 3 heterocycles. The van der Waals surface area contributed by atoms with E-state index in [1.54, 1.807) is 18.2 Å². The third kappa shape index (κ3) is 4.95. The number of halogens is 1. The number of carbonyl (C=O) groups is 3. The fraction of sp³-hybridized carbons (Fsp3) is 0.296. The van der Waals surface area contributed by atoms with Crippen LogP contribution >= 0.6 is 27.7 Å². The normalized spacial score (nSPS) is 18.1. The number of thioether (sulfide) groups is 1. The van der Waals surface area contributed by atoms with Gasteiger partial charge in [-0.1, -0.05) is 46.5 Å². The van der Waals surface area contributed by atoms with Crippen LogP contribution < -0.4 is 4.90 Å². The molecule has 2 aromatic carbocycles. The highest BCUT2D eigenvalue weighted by molar-refractivity contribution is 9.10. The molecule has 0 atom stereocenters. The number of hydrogen-bond acceptors (Lipinski definition) is 4. The maximum atomic E-state index is 13.2. The van der Waals surface area contributed by atoms with Crippen LogP contribution in [-0.2, 0) is 16.1 Å². The minimum atomic E-state index is -0.333. The van der Waals surface area contributed by atoms with Crippen molar-refractivity contribution in [2.45, 2.75) is 39.2 Å². The first-order valence-electron chi connectivity index (χ1n) is 11.8. The van der Waals surface area contributed by atoms with Gasteiger partial charge in [-0.05, 0) is 67.9 Å². The molecule has 1 aromatic heterocycles. The summed E-state index contributed by atoms with van der Waals surface area (Å²) in [5, 5.41) is 0.608. The number of likely N-dealkylation sites (tertiary alicyclic amines) is 1. The van der Waals surface area contributed by atoms with Crippen LogP contribution in [-0.4, -0.2) is 39.6 Å². The van der Waals surface area contributed by atoms with Gasteiger partial charge in [0.05, 0.1) is 10.6 Å². The predicted octanol–water partition coefficient (Wildman–Crippen LogP) is 6.36. The van der Waals surface area contributed by atoms with E-state index in [1.165, 1.54) is 17.7 Å². The molecule has 0 bridgehead atoms. The van der Waals surface area contributed by atoms with E-state index in [1.807, 2.05) is 52.9 Å². The average molecular weight is 552 g/mol. The number of amides is 3. The number of fused-ring (bicyclic) bond motifs is 1. The second kappa shape index (κ2) is 10.0. The van der Waals surface area contributed by atoms with Crippen LogP contribution in [0, 0.1) is 6.92 Å². The highest BCUT2D eigenvalue weighted by Gasteiger charge is 2.36. The van der Waals surface area contributed by atoms with Crippen molar-refractivity contribution >= 4 is 67.4 Å². The maximum absolute atomic E-state index is 13.2. The molecule has 5 rings (SSSR count). The van der Waals surface area contributed by atoms with E-state index in [0.29, 0.717) is 10.6 Å². The molecule has 3 aromatic rings. The molecule has 0 radical (unpaired) electrons.